The Morgan fingerprint density at radius 1 is 1.11 bits per heavy atom. The van der Waals surface area contributed by atoms with Crippen molar-refractivity contribution in [3.63, 3.8) is 0 Å². The monoisotopic (exact) mass is 393 g/mol. The zero-order chi connectivity index (χ0) is 18.7. The van der Waals surface area contributed by atoms with Crippen LogP contribution in [0.25, 0.3) is 0 Å². The van der Waals surface area contributed by atoms with Gasteiger partial charge in [-0.05, 0) is 42.7 Å². The number of rotatable bonds is 6. The summed E-state index contributed by atoms with van der Waals surface area (Å²) in [6, 6.07) is 8.08. The van der Waals surface area contributed by atoms with E-state index in [0.717, 1.165) is 37.8 Å². The number of nitrogens with two attached hydrogens (primary N) is 1. The van der Waals surface area contributed by atoms with Crippen LogP contribution in [0.15, 0.2) is 24.3 Å². The lowest BCUT2D eigenvalue weighted by Crippen LogP contribution is -2.46. The Balaban J connectivity index is 0.00000261. The Morgan fingerprint density at radius 2 is 1.74 bits per heavy atom. The minimum atomic E-state index is -0.215. The maximum Gasteiger partial charge on any atom is 0.225 e. The van der Waals surface area contributed by atoms with E-state index < -0.39 is 0 Å². The number of hydrogen-bond acceptors (Lipinski definition) is 3. The molecule has 1 heterocycles. The van der Waals surface area contributed by atoms with Gasteiger partial charge in [0.05, 0.1) is 5.92 Å². The molecule has 1 saturated carbocycles. The van der Waals surface area contributed by atoms with Gasteiger partial charge < -0.3 is 16.0 Å². The van der Waals surface area contributed by atoms with Gasteiger partial charge in [0.1, 0.15) is 0 Å². The van der Waals surface area contributed by atoms with E-state index in [1.807, 2.05) is 17.0 Å². The van der Waals surface area contributed by atoms with Gasteiger partial charge in [0.15, 0.2) is 0 Å². The number of carbonyl (C=O) groups is 2. The predicted molar refractivity (Wildman–Crippen MR) is 110 cm³/mol. The number of carbonyl (C=O) groups excluding carboxylic acids is 2. The second kappa shape index (κ2) is 9.56. The van der Waals surface area contributed by atoms with E-state index in [4.69, 9.17) is 5.73 Å². The van der Waals surface area contributed by atoms with Crippen LogP contribution >= 0.6 is 12.4 Å². The number of halogens is 1. The summed E-state index contributed by atoms with van der Waals surface area (Å²) in [7, 11) is 0. The van der Waals surface area contributed by atoms with E-state index in [9.17, 15) is 9.59 Å². The third-order valence-electron chi connectivity index (χ3n) is 5.56. The molecule has 1 aromatic rings. The Morgan fingerprint density at radius 3 is 2.33 bits per heavy atom. The van der Waals surface area contributed by atoms with Crippen molar-refractivity contribution < 1.29 is 9.59 Å². The molecule has 2 atom stereocenters. The fraction of sp³-hybridized carbons (Fsp3) is 0.619. The van der Waals surface area contributed by atoms with Crippen molar-refractivity contribution in [3.05, 3.63) is 35.4 Å². The molecule has 2 amide bonds. The summed E-state index contributed by atoms with van der Waals surface area (Å²) >= 11 is 0. The smallest absolute Gasteiger partial charge is 0.225 e. The number of amides is 2. The molecule has 2 fully saturated rings. The molecule has 5 nitrogen and oxygen atoms in total. The number of likely N-dealkylation sites (tertiary alicyclic amines) is 1. The van der Waals surface area contributed by atoms with Crippen LogP contribution in [0.3, 0.4) is 0 Å². The molecule has 3 rings (SSSR count). The van der Waals surface area contributed by atoms with E-state index in [1.54, 1.807) is 0 Å². The predicted octanol–water partition coefficient (Wildman–Crippen LogP) is 3.00. The first-order chi connectivity index (χ1) is 12.5. The summed E-state index contributed by atoms with van der Waals surface area (Å²) in [6.45, 7) is 6.10. The van der Waals surface area contributed by atoms with Crippen molar-refractivity contribution in [1.29, 1.82) is 0 Å². The van der Waals surface area contributed by atoms with Crippen LogP contribution in [-0.2, 0) is 9.59 Å². The lowest BCUT2D eigenvalue weighted by molar-refractivity contribution is -0.136. The second-order valence-electron chi connectivity index (χ2n) is 8.07. The minimum Gasteiger partial charge on any atom is -0.354 e. The summed E-state index contributed by atoms with van der Waals surface area (Å²) in [5.74, 6) is 0.866. The quantitative estimate of drug-likeness (QED) is 0.780. The third kappa shape index (κ3) is 5.69. The van der Waals surface area contributed by atoms with Gasteiger partial charge in [0, 0.05) is 31.6 Å². The van der Waals surface area contributed by atoms with Crippen LogP contribution < -0.4 is 11.1 Å². The topological polar surface area (TPSA) is 75.4 Å². The molecule has 0 spiro atoms. The summed E-state index contributed by atoms with van der Waals surface area (Å²) in [5, 5.41) is 2.99. The molecule has 1 aliphatic carbocycles. The Hall–Kier alpha value is -1.59. The maximum atomic E-state index is 12.5. The number of hydrogen-bond donors (Lipinski definition) is 2. The first-order valence-corrected chi connectivity index (χ1v) is 9.87. The standard InChI is InChI=1S/C21H31N3O2.ClH/c1-14(2)15-5-7-16(8-6-15)19(22)12-23-20(25)18-4-3-11-24(13-18)21(26)17-9-10-17;/h5-8,14,17-19H,3-4,9-13,22H2,1-2H3,(H,23,25);1H. The molecule has 1 aliphatic heterocycles. The normalized spacial score (nSPS) is 20.7. The zero-order valence-corrected chi connectivity index (χ0v) is 17.1. The van der Waals surface area contributed by atoms with Crippen LogP contribution in [-0.4, -0.2) is 36.3 Å². The van der Waals surface area contributed by atoms with Crippen LogP contribution in [0.2, 0.25) is 0 Å². The average molecular weight is 394 g/mol. The van der Waals surface area contributed by atoms with E-state index in [1.165, 1.54) is 5.56 Å². The molecule has 6 heteroatoms. The molecule has 0 radical (unpaired) electrons. The van der Waals surface area contributed by atoms with Crippen molar-refractivity contribution in [1.82, 2.24) is 10.2 Å². The van der Waals surface area contributed by atoms with Crippen molar-refractivity contribution in [2.45, 2.75) is 51.5 Å². The Kier molecular flexibility index (Phi) is 7.68. The highest BCUT2D eigenvalue weighted by atomic mass is 35.5. The molecule has 150 valence electrons. The SMILES string of the molecule is CC(C)c1ccc(C(N)CNC(=O)C2CCCN(C(=O)C3CC3)C2)cc1.Cl. The number of nitrogens with zero attached hydrogens (tertiary/aromatic N) is 1. The number of piperidine rings is 1. The molecule has 0 aromatic heterocycles. The second-order valence-corrected chi connectivity index (χ2v) is 8.07. The van der Waals surface area contributed by atoms with Crippen LogP contribution in [0.5, 0.6) is 0 Å². The Labute approximate surface area is 168 Å². The molecule has 2 aliphatic rings. The summed E-state index contributed by atoms with van der Waals surface area (Å²) in [5.41, 5.74) is 8.56. The van der Waals surface area contributed by atoms with Gasteiger partial charge in [-0.1, -0.05) is 38.1 Å². The van der Waals surface area contributed by atoms with Gasteiger partial charge in [0.2, 0.25) is 11.8 Å². The van der Waals surface area contributed by atoms with Crippen molar-refractivity contribution >= 4 is 24.2 Å². The van der Waals surface area contributed by atoms with Crippen LogP contribution in [0.4, 0.5) is 0 Å². The lowest BCUT2D eigenvalue weighted by atomic mass is 9.96. The van der Waals surface area contributed by atoms with Crippen LogP contribution in [0, 0.1) is 11.8 Å². The van der Waals surface area contributed by atoms with Gasteiger partial charge in [0.25, 0.3) is 0 Å². The average Bonchev–Trinajstić information content (AvgIpc) is 3.50. The third-order valence-corrected chi connectivity index (χ3v) is 5.56. The van der Waals surface area contributed by atoms with Crippen LogP contribution in [0.1, 0.15) is 62.6 Å². The maximum absolute atomic E-state index is 12.5. The number of nitrogens with one attached hydrogen (secondary N) is 1. The number of benzene rings is 1. The van der Waals surface area contributed by atoms with E-state index >= 15 is 0 Å². The van der Waals surface area contributed by atoms with Gasteiger partial charge >= 0.3 is 0 Å². The first kappa shape index (κ1) is 21.7. The highest BCUT2D eigenvalue weighted by molar-refractivity contribution is 5.85. The molecule has 3 N–H and O–H groups in total. The summed E-state index contributed by atoms with van der Waals surface area (Å²) < 4.78 is 0. The summed E-state index contributed by atoms with van der Waals surface area (Å²) in [4.78, 5) is 26.6. The largest absolute Gasteiger partial charge is 0.354 e. The Bertz CT molecular complexity index is 643. The lowest BCUT2D eigenvalue weighted by Gasteiger charge is -2.32. The molecule has 1 aromatic carbocycles. The van der Waals surface area contributed by atoms with Crippen molar-refractivity contribution in [2.75, 3.05) is 19.6 Å². The molecular formula is C21H32ClN3O2. The minimum absolute atomic E-state index is 0. The van der Waals surface area contributed by atoms with Gasteiger partial charge in [-0.3, -0.25) is 9.59 Å². The zero-order valence-electron chi connectivity index (χ0n) is 16.3. The molecule has 0 bridgehead atoms. The highest BCUT2D eigenvalue weighted by Gasteiger charge is 2.36. The molecule has 1 saturated heterocycles. The fourth-order valence-electron chi connectivity index (χ4n) is 3.58. The van der Waals surface area contributed by atoms with E-state index in [2.05, 4.69) is 31.3 Å². The highest BCUT2D eigenvalue weighted by Crippen LogP contribution is 2.32. The van der Waals surface area contributed by atoms with Crippen molar-refractivity contribution in [3.8, 4) is 0 Å². The molecule has 27 heavy (non-hydrogen) atoms. The van der Waals surface area contributed by atoms with E-state index in [-0.39, 0.29) is 42.1 Å². The van der Waals surface area contributed by atoms with E-state index in [0.29, 0.717) is 19.0 Å². The molecular weight excluding hydrogens is 362 g/mol. The molecule has 2 unspecified atom stereocenters. The van der Waals surface area contributed by atoms with Gasteiger partial charge in [-0.2, -0.15) is 0 Å². The van der Waals surface area contributed by atoms with Gasteiger partial charge in [-0.25, -0.2) is 0 Å². The summed E-state index contributed by atoms with van der Waals surface area (Å²) in [6.07, 6.45) is 3.77. The van der Waals surface area contributed by atoms with Gasteiger partial charge in [-0.15, -0.1) is 12.4 Å². The van der Waals surface area contributed by atoms with Crippen molar-refractivity contribution in [2.24, 2.45) is 17.6 Å². The fourth-order valence-corrected chi connectivity index (χ4v) is 3.58. The first-order valence-electron chi connectivity index (χ1n) is 9.87.